The number of anilines is 1. The Labute approximate surface area is 110 Å². The summed E-state index contributed by atoms with van der Waals surface area (Å²) in [5, 5.41) is 14.2. The van der Waals surface area contributed by atoms with E-state index in [9.17, 15) is 4.39 Å². The summed E-state index contributed by atoms with van der Waals surface area (Å²) < 4.78 is 14.3. The van der Waals surface area contributed by atoms with Crippen LogP contribution >= 0.6 is 27.3 Å². The Kier molecular flexibility index (Phi) is 3.71. The molecule has 3 nitrogen and oxygen atoms in total. The SMILES string of the molecule is N#Cc1ccc(CNc2nc(Br)cs2)c(F)c1. The lowest BCUT2D eigenvalue weighted by Crippen LogP contribution is -2.01. The molecule has 0 aliphatic rings. The smallest absolute Gasteiger partial charge is 0.184 e. The first kappa shape index (κ1) is 12.0. The Morgan fingerprint density at radius 3 is 2.94 bits per heavy atom. The van der Waals surface area contributed by atoms with Gasteiger partial charge in [-0.05, 0) is 28.1 Å². The standard InChI is InChI=1S/C11H7BrFN3S/c12-10-6-17-11(16-10)15-5-8-2-1-7(4-14)3-9(8)13/h1-3,6H,5H2,(H,15,16). The molecule has 0 unspecified atom stereocenters. The summed E-state index contributed by atoms with van der Waals surface area (Å²) in [5.41, 5.74) is 0.832. The number of nitrogens with one attached hydrogen (secondary N) is 1. The van der Waals surface area contributed by atoms with Gasteiger partial charge in [-0.3, -0.25) is 0 Å². The van der Waals surface area contributed by atoms with Gasteiger partial charge >= 0.3 is 0 Å². The van der Waals surface area contributed by atoms with E-state index in [1.54, 1.807) is 12.1 Å². The fraction of sp³-hybridized carbons (Fsp3) is 0.0909. The topological polar surface area (TPSA) is 48.7 Å². The number of nitrogens with zero attached hydrogens (tertiary/aromatic N) is 2. The molecule has 2 rings (SSSR count). The molecule has 1 N–H and O–H groups in total. The van der Waals surface area contributed by atoms with E-state index in [1.807, 2.05) is 11.4 Å². The zero-order valence-corrected chi connectivity index (χ0v) is 11.0. The van der Waals surface area contributed by atoms with Gasteiger partial charge in [0.1, 0.15) is 10.4 Å². The van der Waals surface area contributed by atoms with Gasteiger partial charge in [-0.25, -0.2) is 9.37 Å². The van der Waals surface area contributed by atoms with Crippen molar-refractivity contribution in [3.8, 4) is 6.07 Å². The molecule has 0 saturated carbocycles. The maximum atomic E-state index is 13.5. The van der Waals surface area contributed by atoms with Crippen LogP contribution in [0.5, 0.6) is 0 Å². The summed E-state index contributed by atoms with van der Waals surface area (Å²) in [5.74, 6) is -0.382. The number of thiazole rings is 1. The lowest BCUT2D eigenvalue weighted by Gasteiger charge is -2.04. The molecule has 0 saturated heterocycles. The first-order valence-corrected chi connectivity index (χ1v) is 6.40. The predicted molar refractivity (Wildman–Crippen MR) is 68.3 cm³/mol. The molecule has 0 aliphatic heterocycles. The van der Waals surface area contributed by atoms with Crippen LogP contribution in [0.15, 0.2) is 28.2 Å². The van der Waals surface area contributed by atoms with Gasteiger partial charge in [-0.15, -0.1) is 11.3 Å². The normalized spacial score (nSPS) is 9.94. The van der Waals surface area contributed by atoms with Gasteiger partial charge < -0.3 is 5.32 Å². The Balaban J connectivity index is 2.07. The molecular formula is C11H7BrFN3S. The van der Waals surface area contributed by atoms with Crippen molar-refractivity contribution in [1.29, 1.82) is 5.26 Å². The molecule has 0 radical (unpaired) electrons. The van der Waals surface area contributed by atoms with Gasteiger partial charge in [0.15, 0.2) is 5.13 Å². The van der Waals surface area contributed by atoms with Crippen LogP contribution in [-0.2, 0) is 6.54 Å². The zero-order valence-electron chi connectivity index (χ0n) is 8.58. The summed E-state index contributed by atoms with van der Waals surface area (Å²) in [4.78, 5) is 4.14. The first-order valence-electron chi connectivity index (χ1n) is 4.72. The Hall–Kier alpha value is -1.45. The van der Waals surface area contributed by atoms with Crippen molar-refractivity contribution < 1.29 is 4.39 Å². The maximum absolute atomic E-state index is 13.5. The lowest BCUT2D eigenvalue weighted by atomic mass is 10.1. The molecule has 0 aliphatic carbocycles. The minimum absolute atomic E-state index is 0.322. The third-order valence-corrected chi connectivity index (χ3v) is 3.60. The molecule has 1 aromatic carbocycles. The van der Waals surface area contributed by atoms with Crippen LogP contribution in [0.1, 0.15) is 11.1 Å². The van der Waals surface area contributed by atoms with E-state index in [1.165, 1.54) is 17.4 Å². The first-order chi connectivity index (χ1) is 8.19. The second-order valence-corrected chi connectivity index (χ2v) is 4.92. The number of halogens is 2. The van der Waals surface area contributed by atoms with E-state index in [-0.39, 0.29) is 5.82 Å². The highest BCUT2D eigenvalue weighted by Gasteiger charge is 2.04. The molecule has 0 bridgehead atoms. The molecule has 2 aromatic rings. The molecule has 0 amide bonds. The summed E-state index contributed by atoms with van der Waals surface area (Å²) in [6, 6.07) is 6.32. The minimum atomic E-state index is -0.382. The van der Waals surface area contributed by atoms with Gasteiger partial charge in [0.05, 0.1) is 11.6 Å². The quantitative estimate of drug-likeness (QED) is 0.943. The van der Waals surface area contributed by atoms with Crippen molar-refractivity contribution in [2.45, 2.75) is 6.54 Å². The largest absolute Gasteiger partial charge is 0.357 e. The maximum Gasteiger partial charge on any atom is 0.184 e. The fourth-order valence-electron chi connectivity index (χ4n) is 1.27. The van der Waals surface area contributed by atoms with Crippen molar-refractivity contribution in [3.63, 3.8) is 0 Å². The van der Waals surface area contributed by atoms with Crippen LogP contribution in [0.25, 0.3) is 0 Å². The van der Waals surface area contributed by atoms with E-state index >= 15 is 0 Å². The van der Waals surface area contributed by atoms with E-state index in [4.69, 9.17) is 5.26 Å². The Morgan fingerprint density at radius 1 is 1.53 bits per heavy atom. The van der Waals surface area contributed by atoms with E-state index in [0.29, 0.717) is 17.7 Å². The minimum Gasteiger partial charge on any atom is -0.357 e. The average molecular weight is 312 g/mol. The number of hydrogen-bond donors (Lipinski definition) is 1. The lowest BCUT2D eigenvalue weighted by molar-refractivity contribution is 0.612. The zero-order chi connectivity index (χ0) is 12.3. The summed E-state index contributed by atoms with van der Waals surface area (Å²) in [6.07, 6.45) is 0. The van der Waals surface area contributed by atoms with Crippen LogP contribution in [0.4, 0.5) is 9.52 Å². The van der Waals surface area contributed by atoms with Crippen LogP contribution in [0, 0.1) is 17.1 Å². The predicted octanol–water partition coefficient (Wildman–Crippen LogP) is 3.53. The Bertz CT molecular complexity index is 576. The fourth-order valence-corrected chi connectivity index (χ4v) is 2.41. The van der Waals surface area contributed by atoms with Crippen molar-refractivity contribution in [1.82, 2.24) is 4.98 Å². The number of rotatable bonds is 3. The van der Waals surface area contributed by atoms with Crippen LogP contribution in [0.2, 0.25) is 0 Å². The monoisotopic (exact) mass is 311 g/mol. The summed E-state index contributed by atoms with van der Waals surface area (Å²) >= 11 is 4.68. The Morgan fingerprint density at radius 2 is 2.35 bits per heavy atom. The van der Waals surface area contributed by atoms with Crippen molar-refractivity contribution >= 4 is 32.4 Å². The second kappa shape index (κ2) is 5.25. The highest BCUT2D eigenvalue weighted by Crippen LogP contribution is 2.20. The molecule has 1 heterocycles. The van der Waals surface area contributed by atoms with E-state index in [2.05, 4.69) is 26.2 Å². The highest BCUT2D eigenvalue weighted by atomic mass is 79.9. The van der Waals surface area contributed by atoms with E-state index in [0.717, 1.165) is 9.73 Å². The van der Waals surface area contributed by atoms with Gasteiger partial charge in [0, 0.05) is 17.5 Å². The van der Waals surface area contributed by atoms with Gasteiger partial charge in [-0.1, -0.05) is 6.07 Å². The molecule has 0 atom stereocenters. The third-order valence-electron chi connectivity index (χ3n) is 2.09. The van der Waals surface area contributed by atoms with Crippen molar-refractivity contribution in [2.75, 3.05) is 5.32 Å². The van der Waals surface area contributed by atoms with Crippen LogP contribution < -0.4 is 5.32 Å². The number of hydrogen-bond acceptors (Lipinski definition) is 4. The molecule has 1 aromatic heterocycles. The molecule has 0 spiro atoms. The third kappa shape index (κ3) is 3.02. The summed E-state index contributed by atoms with van der Waals surface area (Å²) in [7, 11) is 0. The van der Waals surface area contributed by atoms with Crippen molar-refractivity contribution in [3.05, 3.63) is 45.1 Å². The number of benzene rings is 1. The summed E-state index contributed by atoms with van der Waals surface area (Å²) in [6.45, 7) is 0.345. The van der Waals surface area contributed by atoms with Crippen LogP contribution in [0.3, 0.4) is 0 Å². The molecule has 0 fully saturated rings. The molecular weight excluding hydrogens is 305 g/mol. The molecule has 17 heavy (non-hydrogen) atoms. The van der Waals surface area contributed by atoms with Crippen molar-refractivity contribution in [2.24, 2.45) is 0 Å². The average Bonchev–Trinajstić information content (AvgIpc) is 2.73. The molecule has 6 heteroatoms. The van der Waals surface area contributed by atoms with Gasteiger partial charge in [0.2, 0.25) is 0 Å². The van der Waals surface area contributed by atoms with Gasteiger partial charge in [-0.2, -0.15) is 5.26 Å². The van der Waals surface area contributed by atoms with Gasteiger partial charge in [0.25, 0.3) is 0 Å². The van der Waals surface area contributed by atoms with E-state index < -0.39 is 0 Å². The second-order valence-electron chi connectivity index (χ2n) is 3.25. The van der Waals surface area contributed by atoms with Crippen LogP contribution in [-0.4, -0.2) is 4.98 Å². The molecule has 86 valence electrons. The highest BCUT2D eigenvalue weighted by molar-refractivity contribution is 9.10. The number of aromatic nitrogens is 1. The number of nitriles is 1.